The molecular weight excluding hydrogens is 378 g/mol. The van der Waals surface area contributed by atoms with E-state index in [1.54, 1.807) is 35.1 Å². The molecule has 0 aliphatic heterocycles. The molecule has 1 rings (SSSR count). The van der Waals surface area contributed by atoms with Crippen LogP contribution in [0.4, 0.5) is 10.5 Å². The summed E-state index contributed by atoms with van der Waals surface area (Å²) in [6.07, 6.45) is 2.26. The Bertz CT molecular complexity index is 637. The minimum Gasteiger partial charge on any atom is -0.480 e. The van der Waals surface area contributed by atoms with E-state index < -0.39 is 18.1 Å². The number of benzene rings is 1. The van der Waals surface area contributed by atoms with Crippen molar-refractivity contribution in [3.8, 4) is 0 Å². The van der Waals surface area contributed by atoms with E-state index in [9.17, 15) is 9.59 Å². The van der Waals surface area contributed by atoms with Gasteiger partial charge < -0.3 is 20.9 Å². The number of hydrogen-bond donors (Lipinski definition) is 3. The first-order valence-corrected chi connectivity index (χ1v) is 10.3. The molecule has 0 saturated heterocycles. The van der Waals surface area contributed by atoms with Crippen molar-refractivity contribution in [2.24, 2.45) is 10.8 Å². The maximum atomic E-state index is 11.8. The number of carbonyl (C=O) groups is 2. The van der Waals surface area contributed by atoms with Gasteiger partial charge in [-0.15, -0.1) is 0 Å². The second-order valence-electron chi connectivity index (χ2n) is 5.22. The van der Waals surface area contributed by atoms with Crippen molar-refractivity contribution in [1.29, 1.82) is 0 Å². The molecule has 0 heterocycles. The highest BCUT2D eigenvalue weighted by Crippen LogP contribution is 2.26. The smallest absolute Gasteiger partial charge is 0.407 e. The summed E-state index contributed by atoms with van der Waals surface area (Å²) in [4.78, 5) is 25.3. The predicted molar refractivity (Wildman–Crippen MR) is 103 cm³/mol. The van der Waals surface area contributed by atoms with Crippen molar-refractivity contribution in [2.45, 2.75) is 30.7 Å². The predicted octanol–water partition coefficient (Wildman–Crippen LogP) is 3.43. The van der Waals surface area contributed by atoms with Gasteiger partial charge in [0.15, 0.2) is 0 Å². The Hall–Kier alpha value is -2.07. The number of hydrogen-bond acceptors (Lipinski definition) is 7. The quantitative estimate of drug-likeness (QED) is 0.223. The lowest BCUT2D eigenvalue weighted by Crippen LogP contribution is -2.34. The van der Waals surface area contributed by atoms with E-state index >= 15 is 0 Å². The van der Waals surface area contributed by atoms with Crippen molar-refractivity contribution in [1.82, 2.24) is 5.32 Å². The fraction of sp³-hybridized carbons (Fsp3) is 0.467. The molecule has 0 radical (unpaired) electrons. The highest BCUT2D eigenvalue weighted by Gasteiger charge is 2.17. The van der Waals surface area contributed by atoms with Gasteiger partial charge in [0.2, 0.25) is 0 Å². The van der Waals surface area contributed by atoms with E-state index in [1.807, 2.05) is 6.26 Å². The zero-order valence-corrected chi connectivity index (χ0v) is 15.8. The number of amides is 1. The van der Waals surface area contributed by atoms with Gasteiger partial charge in [-0.2, -0.15) is 0 Å². The first kappa shape index (κ1) is 22.0. The SMILES string of the molecule is CSSC(CCC(N)C(=O)O)CNC(=O)OCc1ccc(N=[N+]=[N-])cc1. The molecule has 0 aliphatic carbocycles. The monoisotopic (exact) mass is 399 g/mol. The fourth-order valence-corrected chi connectivity index (χ4v) is 3.88. The lowest BCUT2D eigenvalue weighted by molar-refractivity contribution is -0.138. The van der Waals surface area contributed by atoms with E-state index in [4.69, 9.17) is 21.1 Å². The van der Waals surface area contributed by atoms with Crippen LogP contribution in [0.2, 0.25) is 0 Å². The van der Waals surface area contributed by atoms with Crippen LogP contribution in [0.25, 0.3) is 10.4 Å². The van der Waals surface area contributed by atoms with Crippen LogP contribution < -0.4 is 11.1 Å². The maximum Gasteiger partial charge on any atom is 0.407 e. The summed E-state index contributed by atoms with van der Waals surface area (Å²) >= 11 is 0. The number of nitrogens with two attached hydrogens (primary N) is 1. The summed E-state index contributed by atoms with van der Waals surface area (Å²) in [5, 5.41) is 15.0. The van der Waals surface area contributed by atoms with Crippen LogP contribution >= 0.6 is 21.6 Å². The van der Waals surface area contributed by atoms with Crippen molar-refractivity contribution in [3.63, 3.8) is 0 Å². The van der Waals surface area contributed by atoms with Crippen LogP contribution in [0.3, 0.4) is 0 Å². The van der Waals surface area contributed by atoms with Crippen LogP contribution in [0, 0.1) is 0 Å². The van der Waals surface area contributed by atoms with Gasteiger partial charge in [0.1, 0.15) is 12.6 Å². The van der Waals surface area contributed by atoms with Crippen molar-refractivity contribution >= 4 is 39.3 Å². The normalized spacial score (nSPS) is 12.5. The summed E-state index contributed by atoms with van der Waals surface area (Å²) in [6.45, 7) is 0.444. The number of aliphatic carboxylic acids is 1. The summed E-state index contributed by atoms with van der Waals surface area (Å²) in [5.74, 6) is -1.03. The van der Waals surface area contributed by atoms with Crippen molar-refractivity contribution in [3.05, 3.63) is 40.3 Å². The molecule has 2 unspecified atom stereocenters. The number of carbonyl (C=O) groups excluding carboxylic acids is 1. The zero-order valence-electron chi connectivity index (χ0n) is 14.2. The number of rotatable bonds is 11. The number of ether oxygens (including phenoxy) is 1. The van der Waals surface area contributed by atoms with E-state index in [1.165, 1.54) is 10.8 Å². The third-order valence-electron chi connectivity index (χ3n) is 3.29. The second-order valence-corrected chi connectivity index (χ2v) is 7.99. The number of alkyl carbamates (subject to hydrolysis) is 1. The second kappa shape index (κ2) is 12.3. The Balaban J connectivity index is 2.37. The molecule has 0 bridgehead atoms. The van der Waals surface area contributed by atoms with E-state index in [0.29, 0.717) is 25.1 Å². The molecule has 1 aromatic carbocycles. The first-order valence-electron chi connectivity index (χ1n) is 7.68. The lowest BCUT2D eigenvalue weighted by Gasteiger charge is -2.17. The molecule has 0 aromatic heterocycles. The van der Waals surface area contributed by atoms with E-state index in [-0.39, 0.29) is 11.9 Å². The number of nitrogens with one attached hydrogen (secondary N) is 1. The van der Waals surface area contributed by atoms with Gasteiger partial charge in [0, 0.05) is 22.4 Å². The Labute approximate surface area is 159 Å². The highest BCUT2D eigenvalue weighted by atomic mass is 33.1. The highest BCUT2D eigenvalue weighted by molar-refractivity contribution is 8.76. The molecule has 0 fully saturated rings. The van der Waals surface area contributed by atoms with Gasteiger partial charge in [0.25, 0.3) is 0 Å². The summed E-state index contributed by atoms with van der Waals surface area (Å²) in [5.41, 5.74) is 15.1. The van der Waals surface area contributed by atoms with Crippen LogP contribution in [-0.4, -0.2) is 41.3 Å². The Morgan fingerprint density at radius 3 is 2.65 bits per heavy atom. The Morgan fingerprint density at radius 2 is 2.08 bits per heavy atom. The molecule has 11 heteroatoms. The molecule has 0 aliphatic rings. The number of carboxylic acid groups (broad SMARTS) is 1. The molecule has 1 amide bonds. The minimum atomic E-state index is -1.03. The third kappa shape index (κ3) is 8.86. The van der Waals surface area contributed by atoms with Gasteiger partial charge in [-0.3, -0.25) is 4.79 Å². The average Bonchev–Trinajstić information content (AvgIpc) is 2.63. The number of carboxylic acids is 1. The lowest BCUT2D eigenvalue weighted by atomic mass is 10.1. The largest absolute Gasteiger partial charge is 0.480 e. The molecule has 2 atom stereocenters. The fourth-order valence-electron chi connectivity index (χ4n) is 1.92. The van der Waals surface area contributed by atoms with E-state index in [2.05, 4.69) is 15.3 Å². The van der Waals surface area contributed by atoms with Crippen molar-refractivity contribution < 1.29 is 19.4 Å². The molecule has 142 valence electrons. The molecule has 9 nitrogen and oxygen atoms in total. The summed E-state index contributed by atoms with van der Waals surface area (Å²) in [6, 6.07) is 5.77. The van der Waals surface area contributed by atoms with Crippen LogP contribution in [0.15, 0.2) is 29.4 Å². The molecule has 0 saturated carbocycles. The molecular formula is C15H21N5O4S2. The number of azide groups is 1. The van der Waals surface area contributed by atoms with Gasteiger partial charge in [-0.1, -0.05) is 51.0 Å². The van der Waals surface area contributed by atoms with Crippen LogP contribution in [0.5, 0.6) is 0 Å². The van der Waals surface area contributed by atoms with Gasteiger partial charge in [0.05, 0.1) is 0 Å². The number of nitrogens with zero attached hydrogens (tertiary/aromatic N) is 3. The summed E-state index contributed by atoms with van der Waals surface area (Å²) < 4.78 is 5.13. The molecule has 4 N–H and O–H groups in total. The minimum absolute atomic E-state index is 0.0334. The zero-order chi connectivity index (χ0) is 19.4. The maximum absolute atomic E-state index is 11.8. The Kier molecular flexibility index (Phi) is 10.4. The first-order chi connectivity index (χ1) is 12.5. The topological polar surface area (TPSA) is 150 Å². The average molecular weight is 399 g/mol. The third-order valence-corrected chi connectivity index (χ3v) is 5.55. The Morgan fingerprint density at radius 1 is 1.38 bits per heavy atom. The van der Waals surface area contributed by atoms with Crippen LogP contribution in [0.1, 0.15) is 18.4 Å². The van der Waals surface area contributed by atoms with Gasteiger partial charge in [-0.25, -0.2) is 4.79 Å². The van der Waals surface area contributed by atoms with Crippen molar-refractivity contribution in [2.75, 3.05) is 12.8 Å². The molecule has 26 heavy (non-hydrogen) atoms. The molecule has 0 spiro atoms. The molecule has 1 aromatic rings. The van der Waals surface area contributed by atoms with E-state index in [0.717, 1.165) is 5.56 Å². The van der Waals surface area contributed by atoms with Gasteiger partial charge >= 0.3 is 12.1 Å². The van der Waals surface area contributed by atoms with Gasteiger partial charge in [-0.05, 0) is 30.2 Å². The standard InChI is InChI=1S/C15H21N5O4S2/c1-25-26-12(6-7-13(16)14(21)22)8-18-15(23)24-9-10-2-4-11(5-3-10)19-20-17/h2-5,12-13H,6-9,16H2,1H3,(H,18,23)(H,21,22). The summed E-state index contributed by atoms with van der Waals surface area (Å²) in [7, 11) is 3.09. The van der Waals surface area contributed by atoms with Crippen LogP contribution in [-0.2, 0) is 16.1 Å².